The molecule has 2 nitrogen and oxygen atoms in total. The summed E-state index contributed by atoms with van der Waals surface area (Å²) in [7, 11) is 0. The van der Waals surface area contributed by atoms with Gasteiger partial charge in [0.05, 0.1) is 5.60 Å². The average Bonchev–Trinajstić information content (AvgIpc) is 2.26. The molecule has 0 bridgehead atoms. The fraction of sp³-hybridized carbons (Fsp3) is 0.882. The summed E-state index contributed by atoms with van der Waals surface area (Å²) in [4.78, 5) is 0. The number of hydrogen-bond acceptors (Lipinski definition) is 2. The highest BCUT2D eigenvalue weighted by Crippen LogP contribution is 2.28. The van der Waals surface area contributed by atoms with Gasteiger partial charge in [0.25, 0.3) is 0 Å². The lowest BCUT2D eigenvalue weighted by atomic mass is 9.86. The third-order valence-electron chi connectivity index (χ3n) is 3.77. The predicted molar refractivity (Wildman–Crippen MR) is 85.4 cm³/mol. The van der Waals surface area contributed by atoms with E-state index in [0.717, 1.165) is 13.0 Å². The van der Waals surface area contributed by atoms with E-state index >= 15 is 0 Å². The molecule has 2 heteroatoms. The van der Waals surface area contributed by atoms with Gasteiger partial charge in [-0.3, -0.25) is 0 Å². The molecule has 2 N–H and O–H groups in total. The van der Waals surface area contributed by atoms with Crippen LogP contribution in [0.5, 0.6) is 0 Å². The molecule has 1 atom stereocenters. The van der Waals surface area contributed by atoms with Gasteiger partial charge in [-0.1, -0.05) is 38.7 Å². The first-order valence-electron chi connectivity index (χ1n) is 7.78. The van der Waals surface area contributed by atoms with Crippen molar-refractivity contribution < 1.29 is 4.74 Å². The van der Waals surface area contributed by atoms with Gasteiger partial charge in [-0.2, -0.15) is 0 Å². The number of ether oxygens (including phenoxy) is 1. The Labute approximate surface area is 120 Å². The van der Waals surface area contributed by atoms with Gasteiger partial charge >= 0.3 is 0 Å². The van der Waals surface area contributed by atoms with Crippen LogP contribution in [0.25, 0.3) is 0 Å². The number of nitrogens with two attached hydrogens (primary N) is 1. The van der Waals surface area contributed by atoms with E-state index in [4.69, 9.17) is 10.5 Å². The van der Waals surface area contributed by atoms with Gasteiger partial charge in [-0.25, -0.2) is 0 Å². The molecule has 0 radical (unpaired) electrons. The minimum atomic E-state index is -0.152. The SMILES string of the molecule is C=CC(CCCCCC)C(C)(C)OCCC(C)(C)N. The van der Waals surface area contributed by atoms with Crippen molar-refractivity contribution in [2.45, 2.75) is 84.3 Å². The molecule has 0 aromatic rings. The molecule has 0 aromatic carbocycles. The second-order valence-corrected chi connectivity index (χ2v) is 6.88. The Bertz CT molecular complexity index is 240. The van der Waals surface area contributed by atoms with Crippen LogP contribution in [0.2, 0.25) is 0 Å². The summed E-state index contributed by atoms with van der Waals surface area (Å²) in [6.07, 6.45) is 9.29. The number of rotatable bonds is 11. The molecule has 0 aromatic heterocycles. The van der Waals surface area contributed by atoms with Gasteiger partial charge in [0.1, 0.15) is 0 Å². The molecule has 0 spiro atoms. The molecular weight excluding hydrogens is 234 g/mol. The van der Waals surface area contributed by atoms with Crippen molar-refractivity contribution in [2.24, 2.45) is 11.7 Å². The first-order chi connectivity index (χ1) is 8.73. The standard InChI is InChI=1S/C17H35NO/c1-7-9-10-11-12-15(8-2)17(5,6)19-14-13-16(3,4)18/h8,15H,2,7,9-14,18H2,1,3-6H3. The molecule has 19 heavy (non-hydrogen) atoms. The Kier molecular flexibility index (Phi) is 8.60. The van der Waals surface area contributed by atoms with Crippen LogP contribution in [-0.2, 0) is 4.74 Å². The topological polar surface area (TPSA) is 35.2 Å². The van der Waals surface area contributed by atoms with Crippen LogP contribution in [0, 0.1) is 5.92 Å². The van der Waals surface area contributed by atoms with Crippen molar-refractivity contribution in [1.29, 1.82) is 0 Å². The quantitative estimate of drug-likeness (QED) is 0.436. The van der Waals surface area contributed by atoms with E-state index in [1.54, 1.807) is 0 Å². The number of unbranched alkanes of at least 4 members (excludes halogenated alkanes) is 3. The van der Waals surface area contributed by atoms with Gasteiger partial charge in [-0.15, -0.1) is 6.58 Å². The van der Waals surface area contributed by atoms with E-state index in [2.05, 4.69) is 33.4 Å². The molecule has 0 fully saturated rings. The Morgan fingerprint density at radius 2 is 1.79 bits per heavy atom. The van der Waals surface area contributed by atoms with Crippen LogP contribution in [-0.4, -0.2) is 17.7 Å². The van der Waals surface area contributed by atoms with Gasteiger partial charge in [0.2, 0.25) is 0 Å². The van der Waals surface area contributed by atoms with E-state index in [0.29, 0.717) is 5.92 Å². The molecule has 0 aliphatic rings. The molecule has 0 aliphatic carbocycles. The van der Waals surface area contributed by atoms with Crippen molar-refractivity contribution in [1.82, 2.24) is 0 Å². The second kappa shape index (κ2) is 8.76. The number of hydrogen-bond donors (Lipinski definition) is 1. The highest BCUT2D eigenvalue weighted by Gasteiger charge is 2.28. The fourth-order valence-electron chi connectivity index (χ4n) is 2.22. The maximum Gasteiger partial charge on any atom is 0.0688 e. The lowest BCUT2D eigenvalue weighted by Gasteiger charge is -2.34. The maximum atomic E-state index is 6.06. The van der Waals surface area contributed by atoms with Crippen molar-refractivity contribution in [3.05, 3.63) is 12.7 Å². The summed E-state index contributed by atoms with van der Waals surface area (Å²) in [5, 5.41) is 0. The zero-order chi connectivity index (χ0) is 14.9. The van der Waals surface area contributed by atoms with Crippen molar-refractivity contribution in [3.8, 4) is 0 Å². The van der Waals surface area contributed by atoms with Crippen molar-refractivity contribution >= 4 is 0 Å². The lowest BCUT2D eigenvalue weighted by Crippen LogP contribution is -2.38. The molecule has 0 rings (SSSR count). The van der Waals surface area contributed by atoms with Crippen LogP contribution in [0.1, 0.15) is 73.1 Å². The molecule has 0 heterocycles. The maximum absolute atomic E-state index is 6.06. The first kappa shape index (κ1) is 18.7. The second-order valence-electron chi connectivity index (χ2n) is 6.88. The minimum absolute atomic E-state index is 0.140. The summed E-state index contributed by atoms with van der Waals surface area (Å²) in [6, 6.07) is 0. The van der Waals surface area contributed by atoms with Crippen LogP contribution in [0.3, 0.4) is 0 Å². The molecule has 114 valence electrons. The average molecular weight is 269 g/mol. The highest BCUT2D eigenvalue weighted by atomic mass is 16.5. The molecule has 0 amide bonds. The van der Waals surface area contributed by atoms with E-state index in [9.17, 15) is 0 Å². The zero-order valence-corrected chi connectivity index (χ0v) is 13.8. The third-order valence-corrected chi connectivity index (χ3v) is 3.77. The molecule has 1 unspecified atom stereocenters. The van der Waals surface area contributed by atoms with Crippen molar-refractivity contribution in [3.63, 3.8) is 0 Å². The molecular formula is C17H35NO. The first-order valence-corrected chi connectivity index (χ1v) is 7.78. The Balaban J connectivity index is 4.13. The Morgan fingerprint density at radius 3 is 2.26 bits per heavy atom. The lowest BCUT2D eigenvalue weighted by molar-refractivity contribution is -0.0541. The van der Waals surface area contributed by atoms with Crippen molar-refractivity contribution in [2.75, 3.05) is 6.61 Å². The summed E-state index contributed by atoms with van der Waals surface area (Å²) in [5.41, 5.74) is 5.70. The van der Waals surface area contributed by atoms with Crippen LogP contribution in [0.4, 0.5) is 0 Å². The van der Waals surface area contributed by atoms with Crippen LogP contribution < -0.4 is 5.73 Å². The normalized spacial score (nSPS) is 14.4. The fourth-order valence-corrected chi connectivity index (χ4v) is 2.22. The van der Waals surface area contributed by atoms with E-state index in [-0.39, 0.29) is 11.1 Å². The van der Waals surface area contributed by atoms with E-state index in [1.807, 2.05) is 13.8 Å². The van der Waals surface area contributed by atoms with Gasteiger partial charge in [-0.05, 0) is 40.5 Å². The van der Waals surface area contributed by atoms with Gasteiger partial charge in [0.15, 0.2) is 0 Å². The van der Waals surface area contributed by atoms with Crippen LogP contribution >= 0.6 is 0 Å². The summed E-state index contributed by atoms with van der Waals surface area (Å²) < 4.78 is 6.06. The molecule has 0 aliphatic heterocycles. The summed E-state index contributed by atoms with van der Waals surface area (Å²) in [6.45, 7) is 15.4. The summed E-state index contributed by atoms with van der Waals surface area (Å²) >= 11 is 0. The minimum Gasteiger partial charge on any atom is -0.375 e. The molecule has 0 saturated heterocycles. The van der Waals surface area contributed by atoms with E-state index in [1.165, 1.54) is 32.1 Å². The Hall–Kier alpha value is -0.340. The monoisotopic (exact) mass is 269 g/mol. The Morgan fingerprint density at radius 1 is 1.16 bits per heavy atom. The molecule has 0 saturated carbocycles. The summed E-state index contributed by atoms with van der Waals surface area (Å²) in [5.74, 6) is 0.422. The van der Waals surface area contributed by atoms with Crippen LogP contribution in [0.15, 0.2) is 12.7 Å². The largest absolute Gasteiger partial charge is 0.375 e. The van der Waals surface area contributed by atoms with Gasteiger partial charge < -0.3 is 10.5 Å². The van der Waals surface area contributed by atoms with E-state index < -0.39 is 0 Å². The van der Waals surface area contributed by atoms with Gasteiger partial charge in [0, 0.05) is 18.1 Å². The third kappa shape index (κ3) is 9.23. The highest BCUT2D eigenvalue weighted by molar-refractivity contribution is 4.92. The predicted octanol–water partition coefficient (Wildman–Crippen LogP) is 4.68. The smallest absolute Gasteiger partial charge is 0.0688 e. The zero-order valence-electron chi connectivity index (χ0n) is 13.8.